The molecule has 0 saturated heterocycles. The number of nitrogens with two attached hydrogens (primary N) is 1. The molecule has 0 saturated carbocycles. The van der Waals surface area contributed by atoms with Gasteiger partial charge in [-0.05, 0) is 18.2 Å². The lowest BCUT2D eigenvalue weighted by Gasteiger charge is -2.10. The van der Waals surface area contributed by atoms with E-state index in [0.717, 1.165) is 0 Å². The SMILES string of the molecule is COc1cccc(OC)c1OC.N#Cc1cnc2cc(Cl)c([N+](=O)[O-])cc2c1N. The van der Waals surface area contributed by atoms with Crippen molar-refractivity contribution in [3.05, 3.63) is 57.2 Å². The van der Waals surface area contributed by atoms with Crippen molar-refractivity contribution in [1.29, 1.82) is 5.26 Å². The molecule has 1 heterocycles. The van der Waals surface area contributed by atoms with E-state index in [9.17, 15) is 10.1 Å². The number of ether oxygens (including phenoxy) is 3. The molecule has 0 atom stereocenters. The molecule has 1 aromatic heterocycles. The molecule has 3 aromatic rings. The lowest BCUT2D eigenvalue weighted by atomic mass is 10.1. The van der Waals surface area contributed by atoms with E-state index in [2.05, 4.69) is 4.98 Å². The molecule has 9 nitrogen and oxygen atoms in total. The zero-order valence-electron chi connectivity index (χ0n) is 15.8. The molecule has 0 aliphatic carbocycles. The van der Waals surface area contributed by atoms with Crippen molar-refractivity contribution in [3.63, 3.8) is 0 Å². The first-order chi connectivity index (χ1) is 13.9. The van der Waals surface area contributed by atoms with Crippen LogP contribution in [0.1, 0.15) is 5.56 Å². The highest BCUT2D eigenvalue weighted by Crippen LogP contribution is 2.36. The summed E-state index contributed by atoms with van der Waals surface area (Å²) in [6.45, 7) is 0. The summed E-state index contributed by atoms with van der Waals surface area (Å²) in [6.07, 6.45) is 1.31. The number of hydrogen-bond donors (Lipinski definition) is 1. The van der Waals surface area contributed by atoms with Crippen LogP contribution in [0.2, 0.25) is 5.02 Å². The van der Waals surface area contributed by atoms with Gasteiger partial charge in [-0.15, -0.1) is 0 Å². The predicted octanol–water partition coefficient (Wildman–Crippen LogP) is 3.96. The summed E-state index contributed by atoms with van der Waals surface area (Å²) in [5.74, 6) is 1.98. The third-order valence-corrected chi connectivity index (χ3v) is 4.18. The Morgan fingerprint density at radius 3 is 2.28 bits per heavy atom. The highest BCUT2D eigenvalue weighted by Gasteiger charge is 2.16. The second-order valence-electron chi connectivity index (χ2n) is 5.47. The first-order valence-electron chi connectivity index (χ1n) is 8.05. The van der Waals surface area contributed by atoms with Gasteiger partial charge < -0.3 is 19.9 Å². The maximum Gasteiger partial charge on any atom is 0.288 e. The molecule has 0 radical (unpaired) electrons. The van der Waals surface area contributed by atoms with E-state index < -0.39 is 4.92 Å². The molecule has 2 aromatic carbocycles. The number of benzene rings is 2. The highest BCUT2D eigenvalue weighted by molar-refractivity contribution is 6.33. The fraction of sp³-hybridized carbons (Fsp3) is 0.158. The fourth-order valence-corrected chi connectivity index (χ4v) is 2.70. The summed E-state index contributed by atoms with van der Waals surface area (Å²) in [7, 11) is 4.77. The molecule has 0 amide bonds. The van der Waals surface area contributed by atoms with Gasteiger partial charge in [-0.25, -0.2) is 0 Å². The Hall–Kier alpha value is -3.77. The van der Waals surface area contributed by atoms with Gasteiger partial charge in [0.25, 0.3) is 5.69 Å². The van der Waals surface area contributed by atoms with Crippen LogP contribution in [-0.2, 0) is 0 Å². The number of hydrogen-bond acceptors (Lipinski definition) is 8. The maximum absolute atomic E-state index is 10.7. The second-order valence-corrected chi connectivity index (χ2v) is 5.88. The Morgan fingerprint density at radius 1 is 1.17 bits per heavy atom. The van der Waals surface area contributed by atoms with Gasteiger partial charge in [0.05, 0.1) is 43.0 Å². The zero-order valence-corrected chi connectivity index (χ0v) is 16.6. The van der Waals surface area contributed by atoms with Crippen LogP contribution in [0.3, 0.4) is 0 Å². The molecule has 0 spiro atoms. The lowest BCUT2D eigenvalue weighted by molar-refractivity contribution is -0.384. The topological polar surface area (TPSA) is 134 Å². The molecule has 0 aliphatic heterocycles. The predicted molar refractivity (Wildman–Crippen MR) is 109 cm³/mol. The number of nitro benzene ring substituents is 1. The van der Waals surface area contributed by atoms with Crippen molar-refractivity contribution in [2.45, 2.75) is 0 Å². The van der Waals surface area contributed by atoms with Gasteiger partial charge in [0.1, 0.15) is 11.1 Å². The van der Waals surface area contributed by atoms with Crippen LogP contribution in [0, 0.1) is 21.4 Å². The quantitative estimate of drug-likeness (QED) is 0.498. The summed E-state index contributed by atoms with van der Waals surface area (Å²) in [4.78, 5) is 14.1. The van der Waals surface area contributed by atoms with Crippen molar-refractivity contribution >= 4 is 33.9 Å². The summed E-state index contributed by atoms with van der Waals surface area (Å²) >= 11 is 5.74. The van der Waals surface area contributed by atoms with Gasteiger partial charge in [0.2, 0.25) is 5.75 Å². The van der Waals surface area contributed by atoms with E-state index in [4.69, 9.17) is 36.8 Å². The van der Waals surface area contributed by atoms with Crippen LogP contribution < -0.4 is 19.9 Å². The third kappa shape index (κ3) is 4.56. The number of nitrogen functional groups attached to an aromatic ring is 1. The van der Waals surface area contributed by atoms with E-state index in [-0.39, 0.29) is 22.0 Å². The van der Waals surface area contributed by atoms with Gasteiger partial charge in [-0.1, -0.05) is 17.7 Å². The van der Waals surface area contributed by atoms with E-state index in [0.29, 0.717) is 28.2 Å². The number of nitriles is 1. The normalized spacial score (nSPS) is 9.76. The van der Waals surface area contributed by atoms with Crippen LogP contribution in [0.25, 0.3) is 10.9 Å². The Bertz CT molecular complexity index is 1080. The van der Waals surface area contributed by atoms with E-state index >= 15 is 0 Å². The van der Waals surface area contributed by atoms with Crippen LogP contribution >= 0.6 is 11.6 Å². The van der Waals surface area contributed by atoms with Crippen LogP contribution in [-0.4, -0.2) is 31.2 Å². The number of para-hydroxylation sites is 1. The number of nitro groups is 1. The first-order valence-corrected chi connectivity index (χ1v) is 8.42. The molecule has 3 rings (SSSR count). The Labute approximate surface area is 171 Å². The molecule has 2 N–H and O–H groups in total. The molecular formula is C19H17ClN4O5. The van der Waals surface area contributed by atoms with Crippen molar-refractivity contribution in [2.24, 2.45) is 0 Å². The lowest BCUT2D eigenvalue weighted by Crippen LogP contribution is -1.96. The molecule has 0 fully saturated rings. The van der Waals surface area contributed by atoms with Gasteiger partial charge in [0, 0.05) is 17.6 Å². The summed E-state index contributed by atoms with van der Waals surface area (Å²) in [5, 5.41) is 19.8. The van der Waals surface area contributed by atoms with Gasteiger partial charge in [0.15, 0.2) is 11.5 Å². The molecule has 150 valence electrons. The molecule has 0 aliphatic rings. The van der Waals surface area contributed by atoms with Crippen molar-refractivity contribution in [2.75, 3.05) is 27.1 Å². The minimum atomic E-state index is -0.611. The van der Waals surface area contributed by atoms with E-state index in [1.54, 1.807) is 21.3 Å². The number of fused-ring (bicyclic) bond motifs is 1. The molecular weight excluding hydrogens is 400 g/mol. The first kappa shape index (κ1) is 21.5. The Balaban J connectivity index is 0.000000221. The summed E-state index contributed by atoms with van der Waals surface area (Å²) < 4.78 is 15.3. The number of anilines is 1. The van der Waals surface area contributed by atoms with Gasteiger partial charge in [-0.2, -0.15) is 5.26 Å². The summed E-state index contributed by atoms with van der Waals surface area (Å²) in [5.41, 5.74) is 6.21. The minimum Gasteiger partial charge on any atom is -0.493 e. The number of nitrogens with zero attached hydrogens (tertiary/aromatic N) is 3. The van der Waals surface area contributed by atoms with Crippen LogP contribution in [0.4, 0.5) is 11.4 Å². The van der Waals surface area contributed by atoms with Gasteiger partial charge in [-0.3, -0.25) is 15.1 Å². The number of rotatable bonds is 4. The minimum absolute atomic E-state index is 0.0147. The van der Waals surface area contributed by atoms with Crippen molar-refractivity contribution in [3.8, 4) is 23.3 Å². The van der Waals surface area contributed by atoms with Crippen molar-refractivity contribution < 1.29 is 19.1 Å². The average molecular weight is 417 g/mol. The molecule has 0 unspecified atom stereocenters. The highest BCUT2D eigenvalue weighted by atomic mass is 35.5. The Morgan fingerprint density at radius 2 is 1.79 bits per heavy atom. The number of aromatic nitrogens is 1. The number of pyridine rings is 1. The van der Waals surface area contributed by atoms with Crippen LogP contribution in [0.15, 0.2) is 36.5 Å². The molecule has 10 heteroatoms. The molecule has 0 bridgehead atoms. The van der Waals surface area contributed by atoms with Gasteiger partial charge >= 0.3 is 0 Å². The number of halogens is 1. The maximum atomic E-state index is 10.7. The third-order valence-electron chi connectivity index (χ3n) is 3.88. The standard InChI is InChI=1S/C10H5ClN4O2.C9H12O3/c11-7-2-8-6(1-9(7)15(16)17)10(13)5(3-12)4-14-8;1-10-7-5-4-6-8(11-2)9(7)12-3/h1-2,4H,(H2,13,14);4-6H,1-3H3. The van der Waals surface area contributed by atoms with E-state index in [1.165, 1.54) is 18.3 Å². The van der Waals surface area contributed by atoms with Crippen molar-refractivity contribution in [1.82, 2.24) is 4.98 Å². The average Bonchev–Trinajstić information content (AvgIpc) is 2.73. The smallest absolute Gasteiger partial charge is 0.288 e. The summed E-state index contributed by atoms with van der Waals surface area (Å²) in [6, 6.07) is 9.93. The second kappa shape index (κ2) is 9.43. The number of methoxy groups -OCH3 is 3. The van der Waals surface area contributed by atoms with E-state index in [1.807, 2.05) is 24.3 Å². The monoisotopic (exact) mass is 416 g/mol. The molecule has 29 heavy (non-hydrogen) atoms. The fourth-order valence-electron chi connectivity index (χ4n) is 2.47. The zero-order chi connectivity index (χ0) is 21.6. The Kier molecular flexibility index (Phi) is 7.00. The van der Waals surface area contributed by atoms with Crippen LogP contribution in [0.5, 0.6) is 17.2 Å². The largest absolute Gasteiger partial charge is 0.493 e.